The first-order valence-electron chi connectivity index (χ1n) is 6.64. The third-order valence-corrected chi connectivity index (χ3v) is 3.20. The normalized spacial score (nSPS) is 10.1. The summed E-state index contributed by atoms with van der Waals surface area (Å²) in [6, 6.07) is 8.74. The molecule has 0 bridgehead atoms. The van der Waals surface area contributed by atoms with E-state index in [0.29, 0.717) is 22.7 Å². The number of aromatic nitrogens is 4. The molecule has 114 valence electrons. The van der Waals surface area contributed by atoms with Gasteiger partial charge >= 0.3 is 0 Å². The molecule has 1 aromatic carbocycles. The summed E-state index contributed by atoms with van der Waals surface area (Å²) in [5, 5.41) is 19.1. The molecule has 0 unspecified atom stereocenters. The first kappa shape index (κ1) is 14.3. The molecule has 0 radical (unpaired) electrons. The van der Waals surface area contributed by atoms with Crippen LogP contribution in [0.15, 0.2) is 43.1 Å². The van der Waals surface area contributed by atoms with E-state index in [2.05, 4.69) is 20.5 Å². The van der Waals surface area contributed by atoms with Crippen LogP contribution in [-0.2, 0) is 0 Å². The van der Waals surface area contributed by atoms with Gasteiger partial charge in [0, 0.05) is 6.20 Å². The van der Waals surface area contributed by atoms with Crippen molar-refractivity contribution in [2.45, 2.75) is 0 Å². The minimum atomic E-state index is -0.370. The number of hydrogen-bond acceptors (Lipinski definition) is 5. The van der Waals surface area contributed by atoms with Gasteiger partial charge in [-0.15, -0.1) is 10.2 Å². The van der Waals surface area contributed by atoms with Gasteiger partial charge in [0.1, 0.15) is 30.2 Å². The molecule has 0 aliphatic heterocycles. The van der Waals surface area contributed by atoms with E-state index < -0.39 is 0 Å². The quantitative estimate of drug-likeness (QED) is 0.763. The Bertz CT molecular complexity index is 876. The van der Waals surface area contributed by atoms with Gasteiger partial charge in [-0.3, -0.25) is 9.36 Å². The van der Waals surface area contributed by atoms with Crippen molar-refractivity contribution in [3.63, 3.8) is 0 Å². The largest absolute Gasteiger partial charge is 0.495 e. The topological polar surface area (TPSA) is 109 Å². The zero-order valence-electron chi connectivity index (χ0n) is 12.1. The fourth-order valence-corrected chi connectivity index (χ4v) is 2.07. The molecule has 2 aromatic heterocycles. The number of ether oxygens (including phenoxy) is 1. The van der Waals surface area contributed by atoms with Crippen LogP contribution < -0.4 is 10.1 Å². The number of carbonyl (C=O) groups excluding carboxylic acids is 1. The lowest BCUT2D eigenvalue weighted by Gasteiger charge is -2.11. The molecule has 0 saturated heterocycles. The lowest BCUT2D eigenvalue weighted by Crippen LogP contribution is -2.13. The second-order valence-corrected chi connectivity index (χ2v) is 4.62. The summed E-state index contributed by atoms with van der Waals surface area (Å²) in [7, 11) is 1.52. The molecule has 3 rings (SSSR count). The monoisotopic (exact) mass is 308 g/mol. The molecule has 0 atom stereocenters. The van der Waals surface area contributed by atoms with E-state index in [1.807, 2.05) is 12.1 Å². The van der Waals surface area contributed by atoms with Crippen LogP contribution in [0.4, 0.5) is 5.69 Å². The molecular weight excluding hydrogens is 296 g/mol. The van der Waals surface area contributed by atoms with E-state index in [9.17, 15) is 4.79 Å². The van der Waals surface area contributed by atoms with Crippen molar-refractivity contribution in [3.05, 3.63) is 54.4 Å². The summed E-state index contributed by atoms with van der Waals surface area (Å²) in [5.74, 6) is 0.146. The molecular formula is C15H12N6O2. The van der Waals surface area contributed by atoms with Gasteiger partial charge in [-0.1, -0.05) is 0 Å². The maximum absolute atomic E-state index is 12.3. The Morgan fingerprint density at radius 2 is 2.13 bits per heavy atom. The number of amides is 1. The van der Waals surface area contributed by atoms with Gasteiger partial charge < -0.3 is 15.0 Å². The van der Waals surface area contributed by atoms with Crippen molar-refractivity contribution >= 4 is 11.6 Å². The summed E-state index contributed by atoms with van der Waals surface area (Å²) in [4.78, 5) is 15.0. The Morgan fingerprint density at radius 1 is 1.35 bits per heavy atom. The van der Waals surface area contributed by atoms with Crippen LogP contribution in [0, 0.1) is 11.3 Å². The third kappa shape index (κ3) is 2.89. The molecule has 0 fully saturated rings. The molecule has 0 spiro atoms. The number of nitrogens with zero attached hydrogens (tertiary/aromatic N) is 4. The number of benzene rings is 1. The van der Waals surface area contributed by atoms with Crippen molar-refractivity contribution < 1.29 is 9.53 Å². The van der Waals surface area contributed by atoms with Gasteiger partial charge in [0.2, 0.25) is 0 Å². The standard InChI is InChI=1S/C15H12N6O2/c1-23-14-3-2-11(21-8-18-19-9-21)5-12(14)20-15(22)13-4-10(6-16)7-17-13/h2-5,7-9,17H,1H3,(H,20,22). The highest BCUT2D eigenvalue weighted by Crippen LogP contribution is 2.27. The van der Waals surface area contributed by atoms with Crippen LogP contribution in [0.2, 0.25) is 0 Å². The van der Waals surface area contributed by atoms with E-state index in [1.54, 1.807) is 29.4 Å². The molecule has 0 aliphatic rings. The zero-order valence-corrected chi connectivity index (χ0v) is 12.1. The molecule has 8 nitrogen and oxygen atoms in total. The van der Waals surface area contributed by atoms with Crippen molar-refractivity contribution in [1.29, 1.82) is 5.26 Å². The lowest BCUT2D eigenvalue weighted by molar-refractivity contribution is 0.102. The van der Waals surface area contributed by atoms with E-state index >= 15 is 0 Å². The van der Waals surface area contributed by atoms with Crippen LogP contribution in [-0.4, -0.2) is 32.8 Å². The van der Waals surface area contributed by atoms with E-state index in [1.165, 1.54) is 19.4 Å². The highest BCUT2D eigenvalue weighted by Gasteiger charge is 2.13. The Kier molecular flexibility index (Phi) is 3.76. The molecule has 3 aromatic rings. The van der Waals surface area contributed by atoms with E-state index in [0.717, 1.165) is 5.69 Å². The van der Waals surface area contributed by atoms with Gasteiger partial charge in [-0.25, -0.2) is 0 Å². The average molecular weight is 308 g/mol. The summed E-state index contributed by atoms with van der Waals surface area (Å²) >= 11 is 0. The first-order valence-corrected chi connectivity index (χ1v) is 6.64. The Hall–Kier alpha value is -3.60. The second kappa shape index (κ2) is 6.03. The van der Waals surface area contributed by atoms with Crippen LogP contribution in [0.25, 0.3) is 5.69 Å². The molecule has 2 N–H and O–H groups in total. The number of carbonyl (C=O) groups is 1. The van der Waals surface area contributed by atoms with Gasteiger partial charge in [-0.2, -0.15) is 5.26 Å². The maximum Gasteiger partial charge on any atom is 0.272 e. The average Bonchev–Trinajstić information content (AvgIpc) is 3.26. The van der Waals surface area contributed by atoms with Gasteiger partial charge in [-0.05, 0) is 24.3 Å². The zero-order chi connectivity index (χ0) is 16.2. The Balaban J connectivity index is 1.90. The number of aromatic amines is 1. The number of nitrogens with one attached hydrogen (secondary N) is 2. The Morgan fingerprint density at radius 3 is 2.78 bits per heavy atom. The van der Waals surface area contributed by atoms with Crippen molar-refractivity contribution in [1.82, 2.24) is 19.7 Å². The number of rotatable bonds is 4. The Labute approximate surface area is 131 Å². The smallest absolute Gasteiger partial charge is 0.272 e. The molecule has 2 heterocycles. The van der Waals surface area contributed by atoms with Gasteiger partial charge in [0.25, 0.3) is 5.91 Å². The number of anilines is 1. The van der Waals surface area contributed by atoms with Crippen LogP contribution >= 0.6 is 0 Å². The highest BCUT2D eigenvalue weighted by molar-refractivity contribution is 6.04. The summed E-state index contributed by atoms with van der Waals surface area (Å²) < 4.78 is 6.97. The number of hydrogen-bond donors (Lipinski definition) is 2. The molecule has 1 amide bonds. The summed E-state index contributed by atoms with van der Waals surface area (Å²) in [5.41, 5.74) is 1.95. The second-order valence-electron chi connectivity index (χ2n) is 4.62. The minimum Gasteiger partial charge on any atom is -0.495 e. The third-order valence-electron chi connectivity index (χ3n) is 3.20. The van der Waals surface area contributed by atoms with E-state index in [-0.39, 0.29) is 5.91 Å². The molecule has 8 heteroatoms. The fourth-order valence-electron chi connectivity index (χ4n) is 2.07. The predicted octanol–water partition coefficient (Wildman–Crippen LogP) is 1.73. The SMILES string of the molecule is COc1ccc(-n2cnnc2)cc1NC(=O)c1cc(C#N)c[nH]1. The highest BCUT2D eigenvalue weighted by atomic mass is 16.5. The van der Waals surface area contributed by atoms with Crippen LogP contribution in [0.5, 0.6) is 5.75 Å². The minimum absolute atomic E-state index is 0.290. The first-order chi connectivity index (χ1) is 11.2. The van der Waals surface area contributed by atoms with Crippen LogP contribution in [0.3, 0.4) is 0 Å². The van der Waals surface area contributed by atoms with Crippen molar-refractivity contribution in [2.24, 2.45) is 0 Å². The number of H-pyrrole nitrogens is 1. The van der Waals surface area contributed by atoms with Crippen LogP contribution in [0.1, 0.15) is 16.1 Å². The number of methoxy groups -OCH3 is 1. The lowest BCUT2D eigenvalue weighted by atomic mass is 10.2. The van der Waals surface area contributed by atoms with Crippen molar-refractivity contribution in [2.75, 3.05) is 12.4 Å². The predicted molar refractivity (Wildman–Crippen MR) is 81.4 cm³/mol. The van der Waals surface area contributed by atoms with Crippen molar-refractivity contribution in [3.8, 4) is 17.5 Å². The van der Waals surface area contributed by atoms with E-state index in [4.69, 9.17) is 10.00 Å². The van der Waals surface area contributed by atoms with Gasteiger partial charge in [0.15, 0.2) is 0 Å². The molecule has 23 heavy (non-hydrogen) atoms. The molecule has 0 aliphatic carbocycles. The fraction of sp³-hybridized carbons (Fsp3) is 0.0667. The summed E-state index contributed by atoms with van der Waals surface area (Å²) in [6.45, 7) is 0. The number of nitriles is 1. The van der Waals surface area contributed by atoms with Gasteiger partial charge in [0.05, 0.1) is 24.0 Å². The summed E-state index contributed by atoms with van der Waals surface area (Å²) in [6.07, 6.45) is 4.58. The molecule has 0 saturated carbocycles. The maximum atomic E-state index is 12.3.